The smallest absolute Gasteiger partial charge is 0.331 e. The molecule has 10 nitrogen and oxygen atoms in total. The molecule has 2 heterocycles. The first kappa shape index (κ1) is 17.6. The van der Waals surface area contributed by atoms with E-state index in [1.54, 1.807) is 0 Å². The minimum Gasteiger partial charge on any atom is -0.478 e. The Labute approximate surface area is 135 Å². The summed E-state index contributed by atoms with van der Waals surface area (Å²) in [7, 11) is 0. The molecule has 0 aliphatic carbocycles. The molecular weight excluding hydrogens is 328 g/mol. The number of esters is 2. The minimum absolute atomic E-state index is 0.000993. The van der Waals surface area contributed by atoms with E-state index in [-0.39, 0.29) is 13.2 Å². The maximum absolute atomic E-state index is 11.5. The summed E-state index contributed by atoms with van der Waals surface area (Å²) >= 11 is 0. The molecule has 10 heteroatoms. The van der Waals surface area contributed by atoms with Crippen LogP contribution in [0, 0.1) is 0 Å². The van der Waals surface area contributed by atoms with E-state index in [2.05, 4.69) is 0 Å². The second kappa shape index (κ2) is 7.70. The number of fused-ring (bicyclic) bond motifs is 1. The van der Waals surface area contributed by atoms with Crippen molar-refractivity contribution in [1.29, 1.82) is 0 Å². The van der Waals surface area contributed by atoms with E-state index in [1.165, 1.54) is 0 Å². The maximum atomic E-state index is 11.5. The highest BCUT2D eigenvalue weighted by molar-refractivity contribution is 5.91. The monoisotopic (exact) mass is 342 g/mol. The first-order valence-electron chi connectivity index (χ1n) is 6.83. The summed E-state index contributed by atoms with van der Waals surface area (Å²) in [6.07, 6.45) is -0.0348. The van der Waals surface area contributed by atoms with Crippen LogP contribution in [-0.4, -0.2) is 71.7 Å². The van der Waals surface area contributed by atoms with E-state index in [0.717, 1.165) is 12.2 Å². The minimum atomic E-state index is -1.29. The van der Waals surface area contributed by atoms with Crippen molar-refractivity contribution in [3.63, 3.8) is 0 Å². The Balaban J connectivity index is 1.87. The molecule has 2 aliphatic rings. The highest BCUT2D eigenvalue weighted by Gasteiger charge is 2.50. The number of rotatable bonds is 6. The van der Waals surface area contributed by atoms with Gasteiger partial charge in [-0.1, -0.05) is 0 Å². The molecule has 0 aromatic carbocycles. The Bertz CT molecular complexity index is 540. The van der Waals surface area contributed by atoms with Gasteiger partial charge in [-0.15, -0.1) is 0 Å². The zero-order valence-corrected chi connectivity index (χ0v) is 12.2. The van der Waals surface area contributed by atoms with Crippen LogP contribution in [0.2, 0.25) is 0 Å². The summed E-state index contributed by atoms with van der Waals surface area (Å²) in [6, 6.07) is 0. The molecule has 2 rings (SSSR count). The van der Waals surface area contributed by atoms with Crippen molar-refractivity contribution in [2.75, 3.05) is 13.2 Å². The Morgan fingerprint density at radius 1 is 0.750 bits per heavy atom. The second-order valence-electron chi connectivity index (χ2n) is 4.89. The Kier molecular flexibility index (Phi) is 5.66. The number of carboxylic acid groups (broad SMARTS) is 2. The van der Waals surface area contributed by atoms with Crippen molar-refractivity contribution in [1.82, 2.24) is 0 Å². The molecule has 0 aromatic rings. The van der Waals surface area contributed by atoms with Crippen molar-refractivity contribution in [3.05, 3.63) is 24.3 Å². The molecule has 0 bridgehead atoms. The molecule has 2 fully saturated rings. The third-order valence-corrected chi connectivity index (χ3v) is 3.22. The first-order chi connectivity index (χ1) is 11.4. The number of aliphatic carboxylic acids is 2. The van der Waals surface area contributed by atoms with Crippen LogP contribution < -0.4 is 0 Å². The van der Waals surface area contributed by atoms with Crippen LogP contribution >= 0.6 is 0 Å². The van der Waals surface area contributed by atoms with Crippen molar-refractivity contribution in [2.45, 2.75) is 24.4 Å². The molecule has 0 spiro atoms. The fourth-order valence-electron chi connectivity index (χ4n) is 2.29. The van der Waals surface area contributed by atoms with Gasteiger partial charge in [-0.3, -0.25) is 0 Å². The van der Waals surface area contributed by atoms with Gasteiger partial charge in [0.05, 0.1) is 13.2 Å². The third-order valence-electron chi connectivity index (χ3n) is 3.22. The molecule has 2 N–H and O–H groups in total. The molecule has 0 unspecified atom stereocenters. The van der Waals surface area contributed by atoms with Gasteiger partial charge in [-0.25, -0.2) is 19.2 Å². The lowest BCUT2D eigenvalue weighted by Crippen LogP contribution is -2.35. The predicted octanol–water partition coefficient (Wildman–Crippen LogP) is -1.11. The molecular formula is C14H14O10. The van der Waals surface area contributed by atoms with Gasteiger partial charge in [0.15, 0.2) is 12.2 Å². The average Bonchev–Trinajstić information content (AvgIpc) is 3.07. The van der Waals surface area contributed by atoms with E-state index < -0.39 is 48.3 Å². The highest BCUT2D eigenvalue weighted by Crippen LogP contribution is 2.30. The SMILES string of the molecule is O=C(O)C=CC(=O)O[C@H]1CO[C@H]2[C@@H]1OC[C@H]2OC(=O)C=CC(=O)O. The van der Waals surface area contributed by atoms with E-state index in [9.17, 15) is 19.2 Å². The molecule has 2 aliphatic heterocycles. The summed E-state index contributed by atoms with van der Waals surface area (Å²) in [6.45, 7) is 0.00199. The van der Waals surface area contributed by atoms with Gasteiger partial charge in [-0.2, -0.15) is 0 Å². The summed E-state index contributed by atoms with van der Waals surface area (Å²) in [5, 5.41) is 16.9. The highest BCUT2D eigenvalue weighted by atomic mass is 16.7. The van der Waals surface area contributed by atoms with Crippen molar-refractivity contribution in [2.24, 2.45) is 0 Å². The molecule has 0 saturated carbocycles. The number of carbonyl (C=O) groups excluding carboxylic acids is 2. The van der Waals surface area contributed by atoms with Gasteiger partial charge >= 0.3 is 23.9 Å². The maximum Gasteiger partial charge on any atom is 0.331 e. The lowest BCUT2D eigenvalue weighted by molar-refractivity contribution is -0.149. The van der Waals surface area contributed by atoms with Crippen LogP contribution in [0.4, 0.5) is 0 Å². The number of hydrogen-bond donors (Lipinski definition) is 2. The molecule has 0 amide bonds. The topological polar surface area (TPSA) is 146 Å². The number of ether oxygens (including phenoxy) is 4. The third kappa shape index (κ3) is 4.64. The van der Waals surface area contributed by atoms with Gasteiger partial charge < -0.3 is 29.2 Å². The van der Waals surface area contributed by atoms with Crippen LogP contribution in [-0.2, 0) is 38.1 Å². The largest absolute Gasteiger partial charge is 0.478 e. The fraction of sp³-hybridized carbons (Fsp3) is 0.429. The number of carboxylic acids is 2. The normalized spacial score (nSPS) is 28.8. The quantitative estimate of drug-likeness (QED) is 0.450. The van der Waals surface area contributed by atoms with Gasteiger partial charge in [0.2, 0.25) is 0 Å². The van der Waals surface area contributed by atoms with Crippen LogP contribution in [0.5, 0.6) is 0 Å². The van der Waals surface area contributed by atoms with Crippen LogP contribution in [0.1, 0.15) is 0 Å². The zero-order chi connectivity index (χ0) is 17.7. The predicted molar refractivity (Wildman–Crippen MR) is 72.8 cm³/mol. The Morgan fingerprint density at radius 2 is 1.12 bits per heavy atom. The van der Waals surface area contributed by atoms with Crippen molar-refractivity contribution < 1.29 is 48.3 Å². The molecule has 0 radical (unpaired) electrons. The summed E-state index contributed by atoms with van der Waals surface area (Å²) in [5.41, 5.74) is 0. The second-order valence-corrected chi connectivity index (χ2v) is 4.89. The molecule has 24 heavy (non-hydrogen) atoms. The lowest BCUT2D eigenvalue weighted by atomic mass is 10.1. The van der Waals surface area contributed by atoms with E-state index in [1.807, 2.05) is 0 Å². The summed E-state index contributed by atoms with van der Waals surface area (Å²) in [5.74, 6) is -4.29. The van der Waals surface area contributed by atoms with Crippen LogP contribution in [0.3, 0.4) is 0 Å². The van der Waals surface area contributed by atoms with Gasteiger partial charge in [0.25, 0.3) is 0 Å². The molecule has 0 aromatic heterocycles. The number of hydrogen-bond acceptors (Lipinski definition) is 8. The molecule has 2 saturated heterocycles. The van der Waals surface area contributed by atoms with E-state index >= 15 is 0 Å². The summed E-state index contributed by atoms with van der Waals surface area (Å²) in [4.78, 5) is 43.6. The molecule has 4 atom stereocenters. The zero-order valence-electron chi connectivity index (χ0n) is 12.2. The van der Waals surface area contributed by atoms with Crippen LogP contribution in [0.15, 0.2) is 24.3 Å². The number of carbonyl (C=O) groups is 4. The van der Waals surface area contributed by atoms with E-state index in [0.29, 0.717) is 12.2 Å². The van der Waals surface area contributed by atoms with Gasteiger partial charge in [0, 0.05) is 24.3 Å². The van der Waals surface area contributed by atoms with Gasteiger partial charge in [-0.05, 0) is 0 Å². The lowest BCUT2D eigenvalue weighted by Gasteiger charge is -2.16. The molecule has 130 valence electrons. The standard InChI is InChI=1S/C14H14O10/c15-9(16)1-3-11(19)23-7-5-21-14-8(6-22-13(7)14)24-12(20)4-2-10(17)18/h1-4,7-8,13-14H,5-6H2,(H,15,16)(H,17,18)/t7-,8+,13-,14-/m1/s1. The Morgan fingerprint density at radius 3 is 1.46 bits per heavy atom. The average molecular weight is 342 g/mol. The first-order valence-corrected chi connectivity index (χ1v) is 6.83. The van der Waals surface area contributed by atoms with Gasteiger partial charge in [0.1, 0.15) is 12.2 Å². The summed E-state index contributed by atoms with van der Waals surface area (Å²) < 4.78 is 20.9. The van der Waals surface area contributed by atoms with Crippen LogP contribution in [0.25, 0.3) is 0 Å². The van der Waals surface area contributed by atoms with Crippen molar-refractivity contribution in [3.8, 4) is 0 Å². The van der Waals surface area contributed by atoms with E-state index in [4.69, 9.17) is 29.2 Å². The fourth-order valence-corrected chi connectivity index (χ4v) is 2.29. The Hall–Kier alpha value is -2.72. The van der Waals surface area contributed by atoms with Crippen molar-refractivity contribution >= 4 is 23.9 Å².